The highest BCUT2D eigenvalue weighted by Gasteiger charge is 2.09. The molecule has 0 aliphatic carbocycles. The van der Waals surface area contributed by atoms with E-state index in [-0.39, 0.29) is 24.3 Å². The van der Waals surface area contributed by atoms with Crippen LogP contribution in [0.25, 0.3) is 0 Å². The second-order valence-corrected chi connectivity index (χ2v) is 5.17. The molecular weight excluding hydrogens is 242 g/mol. The highest BCUT2D eigenvalue weighted by atomic mass is 16.2. The van der Waals surface area contributed by atoms with Gasteiger partial charge in [0.1, 0.15) is 18.9 Å². The fourth-order valence-electron chi connectivity index (χ4n) is 1.79. The summed E-state index contributed by atoms with van der Waals surface area (Å²) in [6.07, 6.45) is 4.65. The Morgan fingerprint density at radius 1 is 1.47 bits per heavy atom. The SMILES string of the molecule is CC(C)CCCC(C)NC(=O)Cn1cnc(C#N)n1. The molecule has 0 saturated carbocycles. The lowest BCUT2D eigenvalue weighted by Crippen LogP contribution is -2.35. The van der Waals surface area contributed by atoms with Gasteiger partial charge < -0.3 is 5.32 Å². The predicted octanol–water partition coefficient (Wildman–Crippen LogP) is 1.48. The number of amides is 1. The van der Waals surface area contributed by atoms with Gasteiger partial charge in [0.15, 0.2) is 0 Å². The number of nitrogens with one attached hydrogen (secondary N) is 1. The van der Waals surface area contributed by atoms with Crippen LogP contribution in [-0.4, -0.2) is 26.7 Å². The minimum atomic E-state index is -0.105. The van der Waals surface area contributed by atoms with Gasteiger partial charge in [-0.25, -0.2) is 9.67 Å². The van der Waals surface area contributed by atoms with Gasteiger partial charge >= 0.3 is 0 Å². The van der Waals surface area contributed by atoms with Gasteiger partial charge in [-0.1, -0.05) is 26.7 Å². The van der Waals surface area contributed by atoms with E-state index in [1.54, 1.807) is 0 Å². The molecule has 1 heterocycles. The summed E-state index contributed by atoms with van der Waals surface area (Å²) in [6, 6.07) is 1.98. The smallest absolute Gasteiger partial charge is 0.252 e. The van der Waals surface area contributed by atoms with Crippen LogP contribution in [-0.2, 0) is 11.3 Å². The summed E-state index contributed by atoms with van der Waals surface area (Å²) in [5, 5.41) is 15.3. The maximum absolute atomic E-state index is 11.7. The predicted molar refractivity (Wildman–Crippen MR) is 71.0 cm³/mol. The molecule has 1 atom stereocenters. The zero-order valence-electron chi connectivity index (χ0n) is 11.8. The van der Waals surface area contributed by atoms with E-state index in [1.807, 2.05) is 13.0 Å². The standard InChI is InChI=1S/C13H21N5O/c1-10(2)5-4-6-11(3)16-13(19)8-18-9-15-12(7-14)17-18/h9-11H,4-6,8H2,1-3H3,(H,16,19). The van der Waals surface area contributed by atoms with Crippen molar-refractivity contribution < 1.29 is 4.79 Å². The number of rotatable bonds is 7. The average Bonchev–Trinajstić information content (AvgIpc) is 2.75. The molecule has 0 aliphatic rings. The lowest BCUT2D eigenvalue weighted by molar-refractivity contribution is -0.122. The third-order valence-electron chi connectivity index (χ3n) is 2.77. The van der Waals surface area contributed by atoms with Gasteiger partial charge in [0.2, 0.25) is 5.91 Å². The molecule has 0 bridgehead atoms. The Hall–Kier alpha value is -1.90. The first-order valence-corrected chi connectivity index (χ1v) is 6.60. The van der Waals surface area contributed by atoms with E-state index in [9.17, 15) is 4.79 Å². The van der Waals surface area contributed by atoms with Gasteiger partial charge in [-0.15, -0.1) is 5.10 Å². The fourth-order valence-corrected chi connectivity index (χ4v) is 1.79. The minimum Gasteiger partial charge on any atom is -0.352 e. The molecule has 0 aliphatic heterocycles. The summed E-state index contributed by atoms with van der Waals surface area (Å²) in [5.41, 5.74) is 0. The van der Waals surface area contributed by atoms with Crippen LogP contribution in [0.5, 0.6) is 0 Å². The highest BCUT2D eigenvalue weighted by Crippen LogP contribution is 2.08. The zero-order valence-corrected chi connectivity index (χ0v) is 11.8. The quantitative estimate of drug-likeness (QED) is 0.807. The molecule has 0 spiro atoms. The normalized spacial score (nSPS) is 12.2. The Bertz CT molecular complexity index is 446. The average molecular weight is 263 g/mol. The highest BCUT2D eigenvalue weighted by molar-refractivity contribution is 5.75. The summed E-state index contributed by atoms with van der Waals surface area (Å²) in [6.45, 7) is 6.49. The lowest BCUT2D eigenvalue weighted by atomic mass is 10.0. The minimum absolute atomic E-state index is 0.0813. The molecule has 0 radical (unpaired) electrons. The van der Waals surface area contributed by atoms with Gasteiger partial charge in [0.25, 0.3) is 5.82 Å². The Kier molecular flexibility index (Phi) is 6.00. The van der Waals surface area contributed by atoms with E-state index >= 15 is 0 Å². The van der Waals surface area contributed by atoms with Crippen molar-refractivity contribution in [3.05, 3.63) is 12.2 Å². The number of carbonyl (C=O) groups is 1. The van der Waals surface area contributed by atoms with Crippen molar-refractivity contribution in [2.75, 3.05) is 0 Å². The molecule has 19 heavy (non-hydrogen) atoms. The molecule has 0 aromatic carbocycles. The van der Waals surface area contributed by atoms with Gasteiger partial charge in [-0.3, -0.25) is 4.79 Å². The molecule has 1 aromatic rings. The van der Waals surface area contributed by atoms with E-state index in [1.165, 1.54) is 17.4 Å². The molecule has 104 valence electrons. The largest absolute Gasteiger partial charge is 0.352 e. The van der Waals surface area contributed by atoms with E-state index in [4.69, 9.17) is 5.26 Å². The van der Waals surface area contributed by atoms with Gasteiger partial charge in [0, 0.05) is 6.04 Å². The Morgan fingerprint density at radius 2 is 2.21 bits per heavy atom. The maximum atomic E-state index is 11.7. The maximum Gasteiger partial charge on any atom is 0.252 e. The summed E-state index contributed by atoms with van der Waals surface area (Å²) >= 11 is 0. The van der Waals surface area contributed by atoms with Crippen LogP contribution in [0.4, 0.5) is 0 Å². The molecule has 0 fully saturated rings. The molecule has 0 saturated heterocycles. The number of nitriles is 1. The van der Waals surface area contributed by atoms with Crippen molar-refractivity contribution in [2.24, 2.45) is 5.92 Å². The third-order valence-corrected chi connectivity index (χ3v) is 2.77. The molecule has 1 aromatic heterocycles. The summed E-state index contributed by atoms with van der Waals surface area (Å²) in [5.74, 6) is 0.673. The molecule has 1 rings (SSSR count). The van der Waals surface area contributed by atoms with Crippen molar-refractivity contribution in [1.82, 2.24) is 20.1 Å². The first-order valence-electron chi connectivity index (χ1n) is 6.60. The Morgan fingerprint density at radius 3 is 2.79 bits per heavy atom. The lowest BCUT2D eigenvalue weighted by Gasteiger charge is -2.14. The number of nitrogens with zero attached hydrogens (tertiary/aromatic N) is 4. The number of carbonyl (C=O) groups excluding carboxylic acids is 1. The van der Waals surface area contributed by atoms with E-state index in [0.717, 1.165) is 12.8 Å². The number of aromatic nitrogens is 3. The van der Waals surface area contributed by atoms with Crippen LogP contribution in [0.1, 0.15) is 45.9 Å². The van der Waals surface area contributed by atoms with Gasteiger partial charge in [-0.2, -0.15) is 5.26 Å². The number of hydrogen-bond donors (Lipinski definition) is 1. The molecule has 1 amide bonds. The second kappa shape index (κ2) is 7.52. The molecular formula is C13H21N5O. The summed E-state index contributed by atoms with van der Waals surface area (Å²) in [4.78, 5) is 15.5. The third kappa shape index (κ3) is 6.00. The van der Waals surface area contributed by atoms with Crippen LogP contribution in [0, 0.1) is 17.2 Å². The van der Waals surface area contributed by atoms with Crippen molar-refractivity contribution in [3.8, 4) is 6.07 Å². The molecule has 1 N–H and O–H groups in total. The number of hydrogen-bond acceptors (Lipinski definition) is 4. The van der Waals surface area contributed by atoms with Crippen LogP contribution >= 0.6 is 0 Å². The van der Waals surface area contributed by atoms with Crippen LogP contribution < -0.4 is 5.32 Å². The molecule has 6 nitrogen and oxygen atoms in total. The van der Waals surface area contributed by atoms with Gasteiger partial charge in [-0.05, 0) is 19.3 Å². The Labute approximate surface area is 113 Å². The first kappa shape index (κ1) is 15.2. The van der Waals surface area contributed by atoms with Crippen molar-refractivity contribution >= 4 is 5.91 Å². The van der Waals surface area contributed by atoms with Crippen LogP contribution in [0.2, 0.25) is 0 Å². The monoisotopic (exact) mass is 263 g/mol. The zero-order chi connectivity index (χ0) is 14.3. The van der Waals surface area contributed by atoms with Crippen molar-refractivity contribution in [1.29, 1.82) is 5.26 Å². The molecule has 6 heteroatoms. The first-order chi connectivity index (χ1) is 9.01. The van der Waals surface area contributed by atoms with E-state index < -0.39 is 0 Å². The fraction of sp³-hybridized carbons (Fsp3) is 0.692. The van der Waals surface area contributed by atoms with Crippen molar-refractivity contribution in [2.45, 2.75) is 52.6 Å². The van der Waals surface area contributed by atoms with E-state index in [0.29, 0.717) is 5.92 Å². The van der Waals surface area contributed by atoms with Crippen LogP contribution in [0.15, 0.2) is 6.33 Å². The summed E-state index contributed by atoms with van der Waals surface area (Å²) < 4.78 is 1.37. The van der Waals surface area contributed by atoms with Gasteiger partial charge in [0.05, 0.1) is 0 Å². The summed E-state index contributed by atoms with van der Waals surface area (Å²) in [7, 11) is 0. The van der Waals surface area contributed by atoms with Crippen LogP contribution in [0.3, 0.4) is 0 Å². The van der Waals surface area contributed by atoms with Crippen molar-refractivity contribution in [3.63, 3.8) is 0 Å². The second-order valence-electron chi connectivity index (χ2n) is 5.17. The molecule has 1 unspecified atom stereocenters. The topological polar surface area (TPSA) is 83.6 Å². The van der Waals surface area contributed by atoms with E-state index in [2.05, 4.69) is 29.2 Å². The Balaban J connectivity index is 2.28.